The van der Waals surface area contributed by atoms with Gasteiger partial charge in [0, 0.05) is 0 Å². The van der Waals surface area contributed by atoms with E-state index >= 15 is 0 Å². The van der Waals surface area contributed by atoms with Gasteiger partial charge in [0.25, 0.3) is 0 Å². The van der Waals surface area contributed by atoms with Crippen LogP contribution in [-0.2, 0) is 32.7 Å². The van der Waals surface area contributed by atoms with Gasteiger partial charge in [-0.3, -0.25) is 9.59 Å². The van der Waals surface area contributed by atoms with Gasteiger partial charge in [0.2, 0.25) is 0 Å². The largest absolute Gasteiger partial charge is 0.469 e. The number of carbonyl (C=O) groups is 2. The molecule has 124 valence electrons. The molecule has 0 spiro atoms. The lowest BCUT2D eigenvalue weighted by Gasteiger charge is -2.17. The molecule has 0 aromatic rings. The zero-order valence-electron chi connectivity index (χ0n) is 12.5. The summed E-state index contributed by atoms with van der Waals surface area (Å²) in [4.78, 5) is 22.8. The molecule has 1 unspecified atom stereocenters. The maximum Gasteiger partial charge on any atom is 0.389 e. The van der Waals surface area contributed by atoms with Crippen LogP contribution in [0.3, 0.4) is 0 Å². The molecule has 0 aliphatic rings. The lowest BCUT2D eigenvalue weighted by Crippen LogP contribution is -2.23. The number of thioether (sulfide) groups is 1. The first-order valence-corrected chi connectivity index (χ1v) is 10.4. The minimum atomic E-state index is -3.23. The van der Waals surface area contributed by atoms with Gasteiger partial charge in [0.1, 0.15) is 5.25 Å². The molecule has 0 aromatic carbocycles. The van der Waals surface area contributed by atoms with Crippen LogP contribution in [0.1, 0.15) is 20.3 Å². The van der Waals surface area contributed by atoms with Crippen LogP contribution in [-0.4, -0.2) is 49.7 Å². The fourth-order valence-electron chi connectivity index (χ4n) is 1.18. The maximum atomic E-state index is 12.2. The first-order valence-electron chi connectivity index (χ1n) is 6.22. The zero-order valence-corrected chi connectivity index (χ0v) is 15.1. The van der Waals surface area contributed by atoms with Crippen LogP contribution in [0.15, 0.2) is 0 Å². The Labute approximate surface area is 133 Å². The molecular weight excluding hydrogens is 339 g/mol. The zero-order chi connectivity index (χ0) is 16.3. The van der Waals surface area contributed by atoms with Gasteiger partial charge < -0.3 is 18.5 Å². The molecule has 0 radical (unpaired) electrons. The lowest BCUT2D eigenvalue weighted by molar-refractivity contribution is -0.146. The van der Waals surface area contributed by atoms with Crippen molar-refractivity contribution in [2.45, 2.75) is 25.5 Å². The van der Waals surface area contributed by atoms with Gasteiger partial charge in [-0.1, -0.05) is 0 Å². The predicted octanol–water partition coefficient (Wildman–Crippen LogP) is 2.70. The van der Waals surface area contributed by atoms with Crippen LogP contribution >= 0.6 is 29.9 Å². The Morgan fingerprint density at radius 1 is 1.10 bits per heavy atom. The van der Waals surface area contributed by atoms with Crippen molar-refractivity contribution < 1.29 is 32.7 Å². The van der Waals surface area contributed by atoms with E-state index in [2.05, 4.69) is 9.47 Å². The smallest absolute Gasteiger partial charge is 0.389 e. The van der Waals surface area contributed by atoms with E-state index in [4.69, 9.17) is 9.05 Å². The molecule has 0 aliphatic carbocycles. The molecule has 0 N–H and O–H groups in total. The molecule has 0 heterocycles. The van der Waals surface area contributed by atoms with Gasteiger partial charge in [-0.05, 0) is 25.2 Å². The highest BCUT2D eigenvalue weighted by atomic mass is 32.7. The van der Waals surface area contributed by atoms with Crippen molar-refractivity contribution in [2.75, 3.05) is 32.5 Å². The molecule has 0 bridgehead atoms. The average molecular weight is 360 g/mol. The Balaban J connectivity index is 4.49. The molecule has 7 nitrogen and oxygen atoms in total. The first kappa shape index (κ1) is 20.8. The van der Waals surface area contributed by atoms with E-state index in [0.29, 0.717) is 0 Å². The van der Waals surface area contributed by atoms with Crippen LogP contribution in [0.25, 0.3) is 0 Å². The summed E-state index contributed by atoms with van der Waals surface area (Å²) in [6.45, 7) is 0.727. The SMILES string of the molecule is CCOP(=O)(OCC)SCSC(CC(=O)OC)C(=O)OC. The van der Waals surface area contributed by atoms with Crippen molar-refractivity contribution in [1.82, 2.24) is 0 Å². The van der Waals surface area contributed by atoms with E-state index in [1.807, 2.05) is 0 Å². The van der Waals surface area contributed by atoms with Crippen LogP contribution in [0.2, 0.25) is 0 Å². The van der Waals surface area contributed by atoms with Gasteiger partial charge in [0.05, 0.1) is 38.9 Å². The summed E-state index contributed by atoms with van der Waals surface area (Å²) >= 11 is 2.11. The Bertz CT molecular complexity index is 368. The molecule has 0 rings (SSSR count). The second-order valence-electron chi connectivity index (χ2n) is 3.49. The monoisotopic (exact) mass is 360 g/mol. The molecule has 0 aliphatic heterocycles. The predicted molar refractivity (Wildman–Crippen MR) is 83.3 cm³/mol. The normalized spacial score (nSPS) is 12.8. The fourth-order valence-corrected chi connectivity index (χ4v) is 6.73. The van der Waals surface area contributed by atoms with Crippen LogP contribution in [0.4, 0.5) is 0 Å². The summed E-state index contributed by atoms with van der Waals surface area (Å²) in [5.74, 6) is -1.05. The van der Waals surface area contributed by atoms with Crippen LogP contribution in [0, 0.1) is 0 Å². The summed E-state index contributed by atoms with van der Waals surface area (Å²) in [6.07, 6.45) is -0.109. The number of methoxy groups -OCH3 is 2. The third-order valence-corrected chi connectivity index (χ3v) is 7.82. The molecule has 0 saturated heterocycles. The van der Waals surface area contributed by atoms with Crippen LogP contribution < -0.4 is 0 Å². The Kier molecular flexibility index (Phi) is 11.3. The Morgan fingerprint density at radius 2 is 1.67 bits per heavy atom. The summed E-state index contributed by atoms with van der Waals surface area (Å²) in [5.41, 5.74) is 0. The first-order chi connectivity index (χ1) is 9.92. The van der Waals surface area contributed by atoms with Crippen molar-refractivity contribution in [3.63, 3.8) is 0 Å². The fraction of sp³-hybridized carbons (Fsp3) is 0.818. The number of esters is 2. The van der Waals surface area contributed by atoms with E-state index in [0.717, 1.165) is 23.1 Å². The standard InChI is InChI=1S/C11H21O7PS2/c1-5-17-19(14,18-6-2)21-8-20-9(11(13)16-4)7-10(12)15-3/h9H,5-8H2,1-4H3. The maximum absolute atomic E-state index is 12.2. The number of hydrogen-bond donors (Lipinski definition) is 0. The Hall–Kier alpha value is -0.210. The molecule has 1 atom stereocenters. The minimum Gasteiger partial charge on any atom is -0.469 e. The molecule has 10 heteroatoms. The van der Waals surface area contributed by atoms with Crippen molar-refractivity contribution >= 4 is 41.9 Å². The highest BCUT2D eigenvalue weighted by Crippen LogP contribution is 2.61. The minimum absolute atomic E-state index is 0.109. The number of ether oxygens (including phenoxy) is 2. The van der Waals surface area contributed by atoms with E-state index < -0.39 is 24.0 Å². The number of hydrogen-bond acceptors (Lipinski definition) is 9. The quantitative estimate of drug-likeness (QED) is 0.313. The molecule has 0 saturated carbocycles. The van der Waals surface area contributed by atoms with E-state index in [1.54, 1.807) is 13.8 Å². The van der Waals surface area contributed by atoms with Gasteiger partial charge in [-0.25, -0.2) is 4.57 Å². The molecule has 0 fully saturated rings. The van der Waals surface area contributed by atoms with Crippen molar-refractivity contribution in [1.29, 1.82) is 0 Å². The molecule has 0 amide bonds. The van der Waals surface area contributed by atoms with Crippen LogP contribution in [0.5, 0.6) is 0 Å². The van der Waals surface area contributed by atoms with Gasteiger partial charge in [-0.2, -0.15) is 0 Å². The number of carbonyl (C=O) groups excluding carboxylic acids is 2. The van der Waals surface area contributed by atoms with Gasteiger partial charge in [-0.15, -0.1) is 11.8 Å². The van der Waals surface area contributed by atoms with Gasteiger partial charge >= 0.3 is 18.7 Å². The topological polar surface area (TPSA) is 88.1 Å². The van der Waals surface area contributed by atoms with Crippen molar-refractivity contribution in [3.8, 4) is 0 Å². The third kappa shape index (κ3) is 8.73. The highest BCUT2D eigenvalue weighted by Gasteiger charge is 2.28. The van der Waals surface area contributed by atoms with Gasteiger partial charge in [0.15, 0.2) is 0 Å². The summed E-state index contributed by atoms with van der Waals surface area (Å²) in [6, 6.07) is 0. The molecule has 0 aromatic heterocycles. The highest BCUT2D eigenvalue weighted by molar-refractivity contribution is 8.57. The van der Waals surface area contributed by atoms with E-state index in [-0.39, 0.29) is 24.7 Å². The molecule has 21 heavy (non-hydrogen) atoms. The lowest BCUT2D eigenvalue weighted by atomic mass is 10.3. The Morgan fingerprint density at radius 3 is 2.10 bits per heavy atom. The molecular formula is C11H21O7PS2. The number of rotatable bonds is 11. The summed E-state index contributed by atoms with van der Waals surface area (Å²) in [5, 5.41) is -0.458. The van der Waals surface area contributed by atoms with Crippen molar-refractivity contribution in [2.24, 2.45) is 0 Å². The van der Waals surface area contributed by atoms with E-state index in [9.17, 15) is 14.2 Å². The van der Waals surface area contributed by atoms with Crippen molar-refractivity contribution in [3.05, 3.63) is 0 Å². The second kappa shape index (κ2) is 11.4. The summed E-state index contributed by atoms with van der Waals surface area (Å²) in [7, 11) is 2.49. The summed E-state index contributed by atoms with van der Waals surface area (Å²) < 4.78 is 31.6. The van der Waals surface area contributed by atoms with E-state index in [1.165, 1.54) is 14.2 Å². The average Bonchev–Trinajstić information content (AvgIpc) is 2.45. The third-order valence-electron chi connectivity index (χ3n) is 2.10. The second-order valence-corrected chi connectivity index (χ2v) is 9.12.